The molecule has 0 amide bonds. The molecule has 0 aliphatic heterocycles. The molecule has 1 aromatic carbocycles. The summed E-state index contributed by atoms with van der Waals surface area (Å²) < 4.78 is 6.46. The van der Waals surface area contributed by atoms with Crippen LogP contribution in [0.3, 0.4) is 0 Å². The van der Waals surface area contributed by atoms with Crippen LogP contribution in [-0.4, -0.2) is 22.4 Å². The maximum Gasteiger partial charge on any atom is 0.358 e. The quantitative estimate of drug-likeness (QED) is 0.812. The maximum absolute atomic E-state index is 11.9. The van der Waals surface area contributed by atoms with Crippen LogP contribution in [-0.2, 0) is 4.74 Å². The van der Waals surface area contributed by atoms with Crippen molar-refractivity contribution in [3.8, 4) is 5.69 Å². The smallest absolute Gasteiger partial charge is 0.358 e. The molecule has 0 bridgehead atoms. The first-order valence-electron chi connectivity index (χ1n) is 5.72. The number of esters is 1. The molecule has 1 aromatic heterocycles. The Morgan fingerprint density at radius 2 is 1.95 bits per heavy atom. The lowest BCUT2D eigenvalue weighted by Gasteiger charge is -2.07. The van der Waals surface area contributed by atoms with Gasteiger partial charge in [-0.3, -0.25) is 0 Å². The van der Waals surface area contributed by atoms with Crippen LogP contribution in [0.4, 0.5) is 0 Å². The second-order valence-electron chi connectivity index (χ2n) is 3.86. The highest BCUT2D eigenvalue weighted by Gasteiger charge is 2.22. The van der Waals surface area contributed by atoms with E-state index in [0.29, 0.717) is 21.4 Å². The summed E-state index contributed by atoms with van der Waals surface area (Å²) in [7, 11) is 0. The topological polar surface area (TPSA) is 44.1 Å². The van der Waals surface area contributed by atoms with Gasteiger partial charge in [0.15, 0.2) is 5.69 Å². The first-order chi connectivity index (χ1) is 9.04. The fourth-order valence-corrected chi connectivity index (χ4v) is 1.97. The van der Waals surface area contributed by atoms with Gasteiger partial charge in [0.25, 0.3) is 0 Å². The van der Waals surface area contributed by atoms with E-state index in [-0.39, 0.29) is 12.3 Å². The maximum atomic E-state index is 11.9. The first kappa shape index (κ1) is 13.9. The number of carbonyl (C=O) groups is 1. The summed E-state index contributed by atoms with van der Waals surface area (Å²) in [6.45, 7) is 3.75. The highest BCUT2D eigenvalue weighted by molar-refractivity contribution is 6.34. The van der Waals surface area contributed by atoms with Gasteiger partial charge in [-0.2, -0.15) is 5.10 Å². The number of carbonyl (C=O) groups excluding carboxylic acids is 1. The molecule has 0 N–H and O–H groups in total. The highest BCUT2D eigenvalue weighted by atomic mass is 35.5. The monoisotopic (exact) mass is 298 g/mol. The van der Waals surface area contributed by atoms with Gasteiger partial charge in [0.05, 0.1) is 23.0 Å². The van der Waals surface area contributed by atoms with Crippen molar-refractivity contribution in [2.45, 2.75) is 13.8 Å². The third-order valence-corrected chi connectivity index (χ3v) is 3.23. The van der Waals surface area contributed by atoms with E-state index >= 15 is 0 Å². The van der Waals surface area contributed by atoms with Crippen molar-refractivity contribution >= 4 is 29.2 Å². The number of hydrogen-bond donors (Lipinski definition) is 0. The minimum Gasteiger partial charge on any atom is -0.461 e. The van der Waals surface area contributed by atoms with E-state index < -0.39 is 5.97 Å². The van der Waals surface area contributed by atoms with Gasteiger partial charge < -0.3 is 4.74 Å². The van der Waals surface area contributed by atoms with E-state index in [4.69, 9.17) is 27.9 Å². The minimum absolute atomic E-state index is 0.225. The Hall–Kier alpha value is -1.52. The summed E-state index contributed by atoms with van der Waals surface area (Å²) in [6.07, 6.45) is 0. The van der Waals surface area contributed by atoms with E-state index in [1.165, 1.54) is 4.68 Å². The molecule has 0 atom stereocenters. The van der Waals surface area contributed by atoms with E-state index in [1.54, 1.807) is 38.1 Å². The molecule has 0 fully saturated rings. The second-order valence-corrected chi connectivity index (χ2v) is 4.67. The molecule has 0 saturated carbocycles. The van der Waals surface area contributed by atoms with Crippen LogP contribution in [0.15, 0.2) is 24.3 Å². The summed E-state index contributed by atoms with van der Waals surface area (Å²) >= 11 is 12.0. The molecule has 2 rings (SSSR count). The Bertz CT molecular complexity index is 606. The molecule has 0 unspecified atom stereocenters. The van der Waals surface area contributed by atoms with Crippen LogP contribution in [0, 0.1) is 6.92 Å². The second kappa shape index (κ2) is 5.63. The van der Waals surface area contributed by atoms with Crippen molar-refractivity contribution in [1.82, 2.24) is 9.78 Å². The Labute approximate surface area is 120 Å². The molecular formula is C13H12Cl2N2O2. The Kier molecular flexibility index (Phi) is 4.12. The molecular weight excluding hydrogens is 287 g/mol. The number of nitrogens with zero attached hydrogens (tertiary/aromatic N) is 2. The minimum atomic E-state index is -0.497. The average Bonchev–Trinajstić information content (AvgIpc) is 2.67. The highest BCUT2D eigenvalue weighted by Crippen LogP contribution is 2.24. The number of rotatable bonds is 3. The zero-order valence-corrected chi connectivity index (χ0v) is 12.0. The van der Waals surface area contributed by atoms with E-state index in [9.17, 15) is 4.79 Å². The molecule has 0 saturated heterocycles. The van der Waals surface area contributed by atoms with Crippen LogP contribution in [0.25, 0.3) is 5.69 Å². The third kappa shape index (κ3) is 2.74. The number of hydrogen-bond acceptors (Lipinski definition) is 3. The summed E-state index contributed by atoms with van der Waals surface area (Å²) in [5.41, 5.74) is 1.49. The molecule has 6 heteroatoms. The van der Waals surface area contributed by atoms with E-state index in [0.717, 1.165) is 0 Å². The predicted octanol–water partition coefficient (Wildman–Crippen LogP) is 3.66. The number of halogens is 2. The van der Waals surface area contributed by atoms with E-state index in [1.807, 2.05) is 0 Å². The van der Waals surface area contributed by atoms with E-state index in [2.05, 4.69) is 5.10 Å². The molecule has 0 spiro atoms. The number of benzene rings is 1. The summed E-state index contributed by atoms with van der Waals surface area (Å²) in [6, 6.07) is 6.95. The molecule has 1 heterocycles. The number of aromatic nitrogens is 2. The zero-order chi connectivity index (χ0) is 14.0. The third-order valence-electron chi connectivity index (χ3n) is 2.53. The zero-order valence-electron chi connectivity index (χ0n) is 10.5. The van der Waals surface area contributed by atoms with Crippen molar-refractivity contribution in [2.24, 2.45) is 0 Å². The molecule has 0 aliphatic carbocycles. The summed E-state index contributed by atoms with van der Waals surface area (Å²) in [5, 5.41) is 5.16. The van der Waals surface area contributed by atoms with Crippen molar-refractivity contribution in [2.75, 3.05) is 6.61 Å². The summed E-state index contributed by atoms with van der Waals surface area (Å²) in [5.74, 6) is -0.497. The lowest BCUT2D eigenvalue weighted by molar-refractivity contribution is 0.0516. The van der Waals surface area contributed by atoms with Gasteiger partial charge in [-0.15, -0.1) is 0 Å². The Morgan fingerprint density at radius 3 is 2.53 bits per heavy atom. The number of ether oxygens (including phenoxy) is 1. The van der Waals surface area contributed by atoms with Crippen LogP contribution >= 0.6 is 23.2 Å². The first-order valence-corrected chi connectivity index (χ1v) is 6.48. The predicted molar refractivity (Wildman–Crippen MR) is 74.3 cm³/mol. The van der Waals surface area contributed by atoms with Gasteiger partial charge >= 0.3 is 5.97 Å². The largest absolute Gasteiger partial charge is 0.461 e. The molecule has 100 valence electrons. The molecule has 0 aliphatic rings. The van der Waals surface area contributed by atoms with Crippen molar-refractivity contribution in [1.29, 1.82) is 0 Å². The normalized spacial score (nSPS) is 10.5. The van der Waals surface area contributed by atoms with Crippen LogP contribution in [0.5, 0.6) is 0 Å². The van der Waals surface area contributed by atoms with Gasteiger partial charge in [-0.05, 0) is 38.1 Å². The van der Waals surface area contributed by atoms with Crippen LogP contribution < -0.4 is 0 Å². The van der Waals surface area contributed by atoms with Crippen molar-refractivity contribution < 1.29 is 9.53 Å². The van der Waals surface area contributed by atoms with Gasteiger partial charge in [0.1, 0.15) is 0 Å². The molecule has 4 nitrogen and oxygen atoms in total. The van der Waals surface area contributed by atoms with Gasteiger partial charge in [-0.25, -0.2) is 9.48 Å². The standard InChI is InChI=1S/C13H12Cl2N2O2/c1-3-19-13(18)12-11(15)8(2)16-17(12)10-6-4-9(14)5-7-10/h4-7H,3H2,1-2H3. The fraction of sp³-hybridized carbons (Fsp3) is 0.231. The molecule has 0 radical (unpaired) electrons. The van der Waals surface area contributed by atoms with Gasteiger partial charge in [0.2, 0.25) is 0 Å². The van der Waals surface area contributed by atoms with Crippen LogP contribution in [0.1, 0.15) is 23.1 Å². The SMILES string of the molecule is CCOC(=O)c1c(Cl)c(C)nn1-c1ccc(Cl)cc1. The van der Waals surface area contributed by atoms with Gasteiger partial charge in [0, 0.05) is 5.02 Å². The fourth-order valence-electron chi connectivity index (χ4n) is 1.65. The lowest BCUT2D eigenvalue weighted by atomic mass is 10.3. The summed E-state index contributed by atoms with van der Waals surface area (Å²) in [4.78, 5) is 11.9. The molecule has 19 heavy (non-hydrogen) atoms. The molecule has 2 aromatic rings. The Morgan fingerprint density at radius 1 is 1.32 bits per heavy atom. The number of aryl methyl sites for hydroxylation is 1. The van der Waals surface area contributed by atoms with Gasteiger partial charge in [-0.1, -0.05) is 23.2 Å². The average molecular weight is 299 g/mol. The van der Waals surface area contributed by atoms with Crippen molar-refractivity contribution in [3.63, 3.8) is 0 Å². The van der Waals surface area contributed by atoms with Crippen LogP contribution in [0.2, 0.25) is 10.0 Å². The Balaban J connectivity index is 2.54. The lowest BCUT2D eigenvalue weighted by Crippen LogP contribution is -2.12. The van der Waals surface area contributed by atoms with Crippen molar-refractivity contribution in [3.05, 3.63) is 45.7 Å².